The van der Waals surface area contributed by atoms with Gasteiger partial charge in [-0.15, -0.1) is 0 Å². The first-order chi connectivity index (χ1) is 13.4. The fourth-order valence-electron chi connectivity index (χ4n) is 2.26. The molecule has 5 atom stereocenters. The van der Waals surface area contributed by atoms with Gasteiger partial charge in [-0.2, -0.15) is 12.6 Å². The first-order valence-corrected chi connectivity index (χ1v) is 9.86. The van der Waals surface area contributed by atoms with Gasteiger partial charge in [0.1, 0.15) is 18.1 Å². The molecule has 0 aromatic heterocycles. The number of aliphatic carboxylic acids is 1. The van der Waals surface area contributed by atoms with E-state index >= 15 is 0 Å². The van der Waals surface area contributed by atoms with Gasteiger partial charge in [0, 0.05) is 12.2 Å². The number of carboxylic acids is 1. The van der Waals surface area contributed by atoms with Crippen molar-refractivity contribution >= 4 is 42.2 Å². The zero-order valence-corrected chi connectivity index (χ0v) is 17.7. The number of hydrogen-bond donors (Lipinski definition) is 7. The Kier molecular flexibility index (Phi) is 11.9. The lowest BCUT2D eigenvalue weighted by Crippen LogP contribution is -2.58. The first kappa shape index (κ1) is 26.7. The minimum Gasteiger partial charge on any atom is -0.480 e. The summed E-state index contributed by atoms with van der Waals surface area (Å²) in [5, 5.41) is 16.5. The summed E-state index contributed by atoms with van der Waals surface area (Å²) in [5.74, 6) is -4.42. The van der Waals surface area contributed by atoms with Crippen LogP contribution in [0, 0.1) is 5.92 Å². The number of nitrogens with two attached hydrogens (primary N) is 2. The van der Waals surface area contributed by atoms with Crippen LogP contribution in [-0.4, -0.2) is 64.6 Å². The molecule has 29 heavy (non-hydrogen) atoms. The van der Waals surface area contributed by atoms with E-state index in [0.29, 0.717) is 6.42 Å². The average Bonchev–Trinajstić information content (AvgIpc) is 2.65. The van der Waals surface area contributed by atoms with E-state index in [1.54, 1.807) is 13.8 Å². The Hall–Kier alpha value is -2.34. The summed E-state index contributed by atoms with van der Waals surface area (Å²) >= 11 is 4.01. The molecule has 0 spiro atoms. The molecular formula is C17H31N5O6S. The molecule has 12 heteroatoms. The molecule has 0 fully saturated rings. The number of nitrogens with one attached hydrogen (secondary N) is 3. The lowest BCUT2D eigenvalue weighted by atomic mass is 9.98. The Morgan fingerprint density at radius 3 is 1.90 bits per heavy atom. The summed E-state index contributed by atoms with van der Waals surface area (Å²) in [4.78, 5) is 59.3. The highest BCUT2D eigenvalue weighted by Gasteiger charge is 2.31. The third-order valence-electron chi connectivity index (χ3n) is 4.32. The van der Waals surface area contributed by atoms with Crippen LogP contribution >= 0.6 is 12.6 Å². The second-order valence-corrected chi connectivity index (χ2v) is 7.17. The molecule has 0 saturated carbocycles. The van der Waals surface area contributed by atoms with Crippen LogP contribution in [0.1, 0.15) is 40.0 Å². The highest BCUT2D eigenvalue weighted by atomic mass is 32.1. The third kappa shape index (κ3) is 9.61. The van der Waals surface area contributed by atoms with Crippen molar-refractivity contribution in [3.8, 4) is 0 Å². The second kappa shape index (κ2) is 13.0. The van der Waals surface area contributed by atoms with Crippen molar-refractivity contribution in [2.24, 2.45) is 17.4 Å². The molecule has 0 aliphatic rings. The van der Waals surface area contributed by atoms with Crippen LogP contribution in [-0.2, 0) is 24.0 Å². The topological polar surface area (TPSA) is 194 Å². The van der Waals surface area contributed by atoms with Gasteiger partial charge in [0.15, 0.2) is 0 Å². The normalized spacial score (nSPS) is 15.9. The lowest BCUT2D eigenvalue weighted by molar-refractivity contribution is -0.144. The molecule has 0 rings (SSSR count). The number of amides is 4. The fraction of sp³-hybridized carbons (Fsp3) is 0.706. The zero-order valence-electron chi connectivity index (χ0n) is 16.8. The number of carbonyl (C=O) groups excluding carboxylic acids is 4. The summed E-state index contributed by atoms with van der Waals surface area (Å²) in [6.07, 6.45) is 0.151. The van der Waals surface area contributed by atoms with Gasteiger partial charge in [0.05, 0.1) is 6.04 Å². The Labute approximate surface area is 175 Å². The summed E-state index contributed by atoms with van der Waals surface area (Å²) in [5.41, 5.74) is 10.6. The molecule has 0 aromatic rings. The van der Waals surface area contributed by atoms with Crippen molar-refractivity contribution in [1.29, 1.82) is 0 Å². The van der Waals surface area contributed by atoms with Crippen LogP contribution < -0.4 is 27.4 Å². The summed E-state index contributed by atoms with van der Waals surface area (Å²) in [6.45, 7) is 4.88. The maximum Gasteiger partial charge on any atom is 0.326 e. The molecule has 8 N–H and O–H groups in total. The highest BCUT2D eigenvalue weighted by molar-refractivity contribution is 7.80. The van der Waals surface area contributed by atoms with Crippen molar-refractivity contribution in [2.75, 3.05) is 5.75 Å². The molecule has 5 unspecified atom stereocenters. The Bertz CT molecular complexity index is 615. The number of thiol groups is 1. The lowest BCUT2D eigenvalue weighted by Gasteiger charge is -2.25. The maximum atomic E-state index is 12.6. The Balaban J connectivity index is 5.35. The van der Waals surface area contributed by atoms with Crippen LogP contribution in [0.15, 0.2) is 0 Å². The predicted octanol–water partition coefficient (Wildman–Crippen LogP) is -1.89. The number of carboxylic acid groups (broad SMARTS) is 1. The van der Waals surface area contributed by atoms with Crippen LogP contribution in [0.2, 0.25) is 0 Å². The van der Waals surface area contributed by atoms with Gasteiger partial charge in [-0.1, -0.05) is 20.3 Å². The van der Waals surface area contributed by atoms with Gasteiger partial charge < -0.3 is 32.5 Å². The van der Waals surface area contributed by atoms with Gasteiger partial charge in [0.2, 0.25) is 23.6 Å². The number of rotatable bonds is 13. The quantitative estimate of drug-likeness (QED) is 0.165. The van der Waals surface area contributed by atoms with E-state index in [-0.39, 0.29) is 24.5 Å². The standard InChI is InChI=1S/C17H31N5O6S/c1-4-8(2)13(17(27)28)22-15(25)10(5-6-12(19)23)20-16(26)11(7-29)21-14(24)9(3)18/h8-11,13,29H,4-7,18H2,1-3H3,(H2,19,23)(H,20,26)(H,21,24)(H,22,25)(H,27,28). The van der Waals surface area contributed by atoms with Crippen molar-refractivity contribution in [2.45, 2.75) is 64.2 Å². The third-order valence-corrected chi connectivity index (χ3v) is 4.68. The molecule has 4 amide bonds. The summed E-state index contributed by atoms with van der Waals surface area (Å²) in [6, 6.07) is -4.33. The molecule has 0 radical (unpaired) electrons. The number of hydrogen-bond acceptors (Lipinski definition) is 7. The van der Waals surface area contributed by atoms with Crippen molar-refractivity contribution < 1.29 is 29.1 Å². The Morgan fingerprint density at radius 2 is 1.48 bits per heavy atom. The second-order valence-electron chi connectivity index (χ2n) is 6.81. The molecule has 0 aliphatic carbocycles. The molecule has 0 aliphatic heterocycles. The molecule has 0 bridgehead atoms. The fourth-order valence-corrected chi connectivity index (χ4v) is 2.52. The SMILES string of the molecule is CCC(C)C(NC(=O)C(CCC(N)=O)NC(=O)C(CS)NC(=O)C(C)N)C(=O)O. The molecule has 166 valence electrons. The van der Waals surface area contributed by atoms with Crippen LogP contribution in [0.4, 0.5) is 0 Å². The van der Waals surface area contributed by atoms with Crippen LogP contribution in [0.25, 0.3) is 0 Å². The minimum absolute atomic E-state index is 0.0704. The maximum absolute atomic E-state index is 12.6. The Morgan fingerprint density at radius 1 is 0.966 bits per heavy atom. The van der Waals surface area contributed by atoms with Gasteiger partial charge in [-0.05, 0) is 19.3 Å². The van der Waals surface area contributed by atoms with E-state index in [9.17, 15) is 29.1 Å². The first-order valence-electron chi connectivity index (χ1n) is 9.23. The highest BCUT2D eigenvalue weighted by Crippen LogP contribution is 2.09. The molecule has 0 heterocycles. The molecular weight excluding hydrogens is 402 g/mol. The zero-order chi connectivity index (χ0) is 22.7. The van der Waals surface area contributed by atoms with Gasteiger partial charge in [-0.25, -0.2) is 4.79 Å². The predicted molar refractivity (Wildman–Crippen MR) is 109 cm³/mol. The monoisotopic (exact) mass is 433 g/mol. The van der Waals surface area contributed by atoms with Gasteiger partial charge in [0.25, 0.3) is 0 Å². The van der Waals surface area contributed by atoms with E-state index in [1.807, 2.05) is 0 Å². The van der Waals surface area contributed by atoms with E-state index in [4.69, 9.17) is 11.5 Å². The smallest absolute Gasteiger partial charge is 0.326 e. The van der Waals surface area contributed by atoms with Gasteiger partial charge >= 0.3 is 5.97 Å². The van der Waals surface area contributed by atoms with Crippen LogP contribution in [0.3, 0.4) is 0 Å². The van der Waals surface area contributed by atoms with Crippen molar-refractivity contribution in [1.82, 2.24) is 16.0 Å². The van der Waals surface area contributed by atoms with E-state index in [0.717, 1.165) is 0 Å². The molecule has 0 saturated heterocycles. The molecule has 11 nitrogen and oxygen atoms in total. The number of primary amides is 1. The molecule has 0 aromatic carbocycles. The van der Waals surface area contributed by atoms with Crippen molar-refractivity contribution in [3.05, 3.63) is 0 Å². The van der Waals surface area contributed by atoms with E-state index < -0.39 is 53.8 Å². The largest absolute Gasteiger partial charge is 0.480 e. The van der Waals surface area contributed by atoms with E-state index in [2.05, 4.69) is 28.6 Å². The van der Waals surface area contributed by atoms with E-state index in [1.165, 1.54) is 6.92 Å². The summed E-state index contributed by atoms with van der Waals surface area (Å²) < 4.78 is 0. The minimum atomic E-state index is -1.23. The number of carbonyl (C=O) groups is 5. The average molecular weight is 434 g/mol. The van der Waals surface area contributed by atoms with Gasteiger partial charge in [-0.3, -0.25) is 19.2 Å². The summed E-state index contributed by atoms with van der Waals surface area (Å²) in [7, 11) is 0. The van der Waals surface area contributed by atoms with Crippen LogP contribution in [0.5, 0.6) is 0 Å². The van der Waals surface area contributed by atoms with Crippen molar-refractivity contribution in [3.63, 3.8) is 0 Å².